The van der Waals surface area contributed by atoms with E-state index >= 15 is 0 Å². The third-order valence-electron chi connectivity index (χ3n) is 5.09. The first-order valence-corrected chi connectivity index (χ1v) is 10.3. The first kappa shape index (κ1) is 23.7. The number of rotatable bonds is 9. The van der Waals surface area contributed by atoms with Gasteiger partial charge in [0, 0.05) is 25.2 Å². The van der Waals surface area contributed by atoms with E-state index in [4.69, 9.17) is 14.2 Å². The van der Waals surface area contributed by atoms with Gasteiger partial charge < -0.3 is 24.4 Å². The number of hydrogen-bond acceptors (Lipinski definition) is 6. The molecule has 0 aromatic heterocycles. The van der Waals surface area contributed by atoms with Crippen molar-refractivity contribution in [1.82, 2.24) is 10.2 Å². The molecule has 1 saturated heterocycles. The van der Waals surface area contributed by atoms with E-state index in [0.717, 1.165) is 19.3 Å². The maximum atomic E-state index is 12.5. The zero-order valence-electron chi connectivity index (χ0n) is 18.2. The predicted molar refractivity (Wildman–Crippen MR) is 111 cm³/mol. The van der Waals surface area contributed by atoms with Gasteiger partial charge in [0.2, 0.25) is 0 Å². The number of carbonyl (C=O) groups is 3. The Labute approximate surface area is 177 Å². The molecule has 1 aromatic rings. The van der Waals surface area contributed by atoms with Crippen LogP contribution in [-0.4, -0.2) is 67.7 Å². The molecule has 3 atom stereocenters. The van der Waals surface area contributed by atoms with Gasteiger partial charge in [-0.1, -0.05) is 0 Å². The van der Waals surface area contributed by atoms with E-state index in [1.807, 2.05) is 4.90 Å². The van der Waals surface area contributed by atoms with Gasteiger partial charge in [-0.05, 0) is 64.3 Å². The number of benzene rings is 1. The lowest BCUT2D eigenvalue weighted by atomic mass is 9.97. The highest BCUT2D eigenvalue weighted by Crippen LogP contribution is 2.23. The molecule has 2 amide bonds. The second kappa shape index (κ2) is 11.5. The smallest absolute Gasteiger partial charge is 0.338 e. The van der Waals surface area contributed by atoms with Crippen LogP contribution in [0.15, 0.2) is 24.3 Å². The molecule has 1 fully saturated rings. The highest BCUT2D eigenvalue weighted by Gasteiger charge is 2.29. The molecule has 1 aromatic carbocycles. The molecular weight excluding hydrogens is 388 g/mol. The number of esters is 1. The number of nitrogens with zero attached hydrogens (tertiary/aromatic N) is 1. The van der Waals surface area contributed by atoms with Crippen molar-refractivity contribution in [3.63, 3.8) is 0 Å². The second-order valence-corrected chi connectivity index (χ2v) is 7.74. The maximum absolute atomic E-state index is 12.5. The second-order valence-electron chi connectivity index (χ2n) is 7.74. The van der Waals surface area contributed by atoms with E-state index in [0.29, 0.717) is 17.9 Å². The molecule has 166 valence electrons. The fourth-order valence-corrected chi connectivity index (χ4v) is 3.64. The van der Waals surface area contributed by atoms with Gasteiger partial charge in [0.1, 0.15) is 5.75 Å². The van der Waals surface area contributed by atoms with Crippen molar-refractivity contribution in [3.05, 3.63) is 29.8 Å². The number of carbonyl (C=O) groups excluding carboxylic acids is 3. The van der Waals surface area contributed by atoms with E-state index in [9.17, 15) is 14.4 Å². The van der Waals surface area contributed by atoms with Crippen LogP contribution in [0.25, 0.3) is 0 Å². The van der Waals surface area contributed by atoms with Crippen molar-refractivity contribution in [2.75, 3.05) is 26.9 Å². The highest BCUT2D eigenvalue weighted by atomic mass is 16.5. The Morgan fingerprint density at radius 2 is 1.73 bits per heavy atom. The lowest BCUT2D eigenvalue weighted by Gasteiger charge is -2.38. The van der Waals surface area contributed by atoms with Gasteiger partial charge in [0.05, 0.1) is 12.2 Å². The van der Waals surface area contributed by atoms with Crippen LogP contribution in [0.5, 0.6) is 5.75 Å². The zero-order chi connectivity index (χ0) is 22.1. The quantitative estimate of drug-likeness (QED) is 0.616. The summed E-state index contributed by atoms with van der Waals surface area (Å²) in [5, 5.41) is 2.66. The summed E-state index contributed by atoms with van der Waals surface area (Å²) >= 11 is 0. The molecule has 0 spiro atoms. The summed E-state index contributed by atoms with van der Waals surface area (Å²) in [5.74, 6) is -0.550. The molecule has 3 unspecified atom stereocenters. The van der Waals surface area contributed by atoms with Gasteiger partial charge in [-0.25, -0.2) is 4.79 Å². The van der Waals surface area contributed by atoms with Gasteiger partial charge in [-0.2, -0.15) is 0 Å². The summed E-state index contributed by atoms with van der Waals surface area (Å²) < 4.78 is 15.5. The average Bonchev–Trinajstić information content (AvgIpc) is 2.71. The topological polar surface area (TPSA) is 94.2 Å². The SMILES string of the molecule is COCC(C)NC(=O)COC(=O)c1ccc(OCC(=O)N2C(C)CCCC2C)cc1. The predicted octanol–water partition coefficient (Wildman–Crippen LogP) is 2.16. The maximum Gasteiger partial charge on any atom is 0.338 e. The van der Waals surface area contributed by atoms with E-state index in [-0.39, 0.29) is 37.2 Å². The molecule has 0 radical (unpaired) electrons. The monoisotopic (exact) mass is 420 g/mol. The van der Waals surface area contributed by atoms with Crippen molar-refractivity contribution in [3.8, 4) is 5.75 Å². The molecule has 1 aliphatic rings. The minimum absolute atomic E-state index is 0.0353. The largest absolute Gasteiger partial charge is 0.484 e. The Balaban J connectivity index is 1.79. The fraction of sp³-hybridized carbons (Fsp3) is 0.591. The Kier molecular flexibility index (Phi) is 9.11. The van der Waals surface area contributed by atoms with Crippen molar-refractivity contribution >= 4 is 17.8 Å². The van der Waals surface area contributed by atoms with Gasteiger partial charge in [0.25, 0.3) is 11.8 Å². The molecule has 8 heteroatoms. The van der Waals surface area contributed by atoms with Crippen molar-refractivity contribution in [2.24, 2.45) is 0 Å². The third-order valence-corrected chi connectivity index (χ3v) is 5.09. The molecule has 2 rings (SSSR count). The third kappa shape index (κ3) is 7.02. The molecule has 30 heavy (non-hydrogen) atoms. The van der Waals surface area contributed by atoms with Gasteiger partial charge >= 0.3 is 5.97 Å². The van der Waals surface area contributed by atoms with Crippen molar-refractivity contribution in [1.29, 1.82) is 0 Å². The molecule has 1 aliphatic heterocycles. The van der Waals surface area contributed by atoms with E-state index < -0.39 is 11.9 Å². The first-order chi connectivity index (χ1) is 14.3. The lowest BCUT2D eigenvalue weighted by molar-refractivity contribution is -0.139. The number of amides is 2. The van der Waals surface area contributed by atoms with Crippen LogP contribution in [0.1, 0.15) is 50.4 Å². The fourth-order valence-electron chi connectivity index (χ4n) is 3.64. The zero-order valence-corrected chi connectivity index (χ0v) is 18.2. The number of ether oxygens (including phenoxy) is 3. The summed E-state index contributed by atoms with van der Waals surface area (Å²) in [6.07, 6.45) is 3.16. The lowest BCUT2D eigenvalue weighted by Crippen LogP contribution is -2.49. The molecule has 0 saturated carbocycles. The standard InChI is InChI=1S/C22H32N2O6/c1-15(12-28-4)23-20(25)13-30-22(27)18-8-10-19(11-9-18)29-14-21(26)24-16(2)6-5-7-17(24)3/h8-11,15-17H,5-7,12-14H2,1-4H3,(H,23,25). The van der Waals surface area contributed by atoms with Crippen LogP contribution >= 0.6 is 0 Å². The Morgan fingerprint density at radius 3 is 2.33 bits per heavy atom. The van der Waals surface area contributed by atoms with Crippen LogP contribution in [0.4, 0.5) is 0 Å². The number of nitrogens with one attached hydrogen (secondary N) is 1. The van der Waals surface area contributed by atoms with Crippen LogP contribution < -0.4 is 10.1 Å². The molecular formula is C22H32N2O6. The minimum atomic E-state index is -0.608. The summed E-state index contributed by atoms with van der Waals surface area (Å²) in [4.78, 5) is 38.2. The van der Waals surface area contributed by atoms with Crippen LogP contribution in [0, 0.1) is 0 Å². The molecule has 8 nitrogen and oxygen atoms in total. The summed E-state index contributed by atoms with van der Waals surface area (Å²) in [6, 6.07) is 6.56. The Hall–Kier alpha value is -2.61. The van der Waals surface area contributed by atoms with Crippen molar-refractivity contribution < 1.29 is 28.6 Å². The van der Waals surface area contributed by atoms with Crippen molar-refractivity contribution in [2.45, 2.75) is 58.2 Å². The van der Waals surface area contributed by atoms with Crippen LogP contribution in [0.3, 0.4) is 0 Å². The average molecular weight is 421 g/mol. The summed E-state index contributed by atoms with van der Waals surface area (Å²) in [7, 11) is 1.54. The van der Waals surface area contributed by atoms with Crippen LogP contribution in [0.2, 0.25) is 0 Å². The molecule has 1 N–H and O–H groups in total. The Bertz CT molecular complexity index is 711. The summed E-state index contributed by atoms with van der Waals surface area (Å²) in [5.41, 5.74) is 0.296. The van der Waals surface area contributed by atoms with E-state index in [1.54, 1.807) is 38.3 Å². The molecule has 1 heterocycles. The summed E-state index contributed by atoms with van der Waals surface area (Å²) in [6.45, 7) is 5.88. The normalized spacial score (nSPS) is 19.7. The van der Waals surface area contributed by atoms with Gasteiger partial charge in [0.15, 0.2) is 13.2 Å². The number of piperidine rings is 1. The molecule has 0 aliphatic carbocycles. The van der Waals surface area contributed by atoms with Gasteiger partial charge in [-0.15, -0.1) is 0 Å². The first-order valence-electron chi connectivity index (χ1n) is 10.3. The number of hydrogen-bond donors (Lipinski definition) is 1. The van der Waals surface area contributed by atoms with Gasteiger partial charge in [-0.3, -0.25) is 9.59 Å². The number of likely N-dealkylation sites (tertiary alicyclic amines) is 1. The van der Waals surface area contributed by atoms with Crippen LogP contribution in [-0.2, 0) is 19.1 Å². The number of methoxy groups -OCH3 is 1. The minimum Gasteiger partial charge on any atom is -0.484 e. The van der Waals surface area contributed by atoms with E-state index in [2.05, 4.69) is 19.2 Å². The Morgan fingerprint density at radius 1 is 1.10 bits per heavy atom. The van der Waals surface area contributed by atoms with E-state index in [1.165, 1.54) is 0 Å². The molecule has 0 bridgehead atoms. The highest BCUT2D eigenvalue weighted by molar-refractivity contribution is 5.91.